The zero-order valence-corrected chi connectivity index (χ0v) is 54.1. The van der Waals surface area contributed by atoms with E-state index in [1.165, 1.54) is 22.8 Å². The number of nitrogen functional groups attached to an aromatic ring is 1. The molecule has 31 heteroatoms. The van der Waals surface area contributed by atoms with Gasteiger partial charge in [-0.25, -0.2) is 32.5 Å². The van der Waals surface area contributed by atoms with Crippen molar-refractivity contribution in [1.29, 1.82) is 0 Å². The maximum absolute atomic E-state index is 13.4. The van der Waals surface area contributed by atoms with Crippen LogP contribution in [0.25, 0.3) is 28.1 Å². The quantitative estimate of drug-likeness (QED) is 0.00774. The second-order valence-electron chi connectivity index (χ2n) is 23.3. The number of nitrogens with zero attached hydrogens (tertiary/aromatic N) is 6. The fourth-order valence-corrected chi connectivity index (χ4v) is 14.1. The second kappa shape index (κ2) is 27.8. The molecule has 27 nitrogen and oxygen atoms in total. The maximum atomic E-state index is 13.4. The summed E-state index contributed by atoms with van der Waals surface area (Å²) < 4.78 is 120. The number of hydrogen-bond donors (Lipinski definition) is 9. The first-order valence-corrected chi connectivity index (χ1v) is 35.6. The predicted molar refractivity (Wildman–Crippen MR) is 339 cm³/mol. The van der Waals surface area contributed by atoms with E-state index in [9.17, 15) is 64.5 Å². The minimum atomic E-state index is -5.30. The van der Waals surface area contributed by atoms with Gasteiger partial charge in [0.15, 0.2) is 28.9 Å². The van der Waals surface area contributed by atoms with Crippen molar-refractivity contribution in [2.75, 3.05) is 54.5 Å². The summed E-state index contributed by atoms with van der Waals surface area (Å²) in [6.07, 6.45) is 11.1. The number of imidazole rings is 1. The van der Waals surface area contributed by atoms with E-state index >= 15 is 0 Å². The molecule has 5 atom stereocenters. The summed E-state index contributed by atoms with van der Waals surface area (Å²) >= 11 is 0. The van der Waals surface area contributed by atoms with E-state index in [1.54, 1.807) is 0 Å². The number of amides is 1. The van der Waals surface area contributed by atoms with Gasteiger partial charge < -0.3 is 60.0 Å². The summed E-state index contributed by atoms with van der Waals surface area (Å²) in [5.74, 6) is 0.455. The van der Waals surface area contributed by atoms with Crippen molar-refractivity contribution in [2.24, 2.45) is 0 Å². The molecular weight excluding hydrogens is 1260 g/mol. The Kier molecular flexibility index (Phi) is 21.0. The lowest BCUT2D eigenvalue weighted by Gasteiger charge is -2.43. The summed E-state index contributed by atoms with van der Waals surface area (Å²) in [6, 6.07) is 18.3. The average Bonchev–Trinajstić information content (AvgIpc) is 1.73. The van der Waals surface area contributed by atoms with Crippen LogP contribution >= 0.6 is 15.6 Å². The molecular formula is C60H75N9O18P2S2. The lowest BCUT2D eigenvalue weighted by Crippen LogP contribution is -2.44. The number of carbonyl (C=O) groups excluding carboxylic acids is 1. The van der Waals surface area contributed by atoms with Crippen LogP contribution in [0.5, 0.6) is 5.75 Å². The third-order valence-electron chi connectivity index (χ3n) is 16.3. The van der Waals surface area contributed by atoms with Crippen LogP contribution in [-0.2, 0) is 53.4 Å². The lowest BCUT2D eigenvalue weighted by molar-refractivity contribution is -0.437. The molecule has 490 valence electrons. The standard InChI is InChI=1S/C60H75N9O18P2S2/c1-6-68-46-34-48-43(33-42(46)38(2)35-59(68,3)4)40(31-47(85-48)39-19-11-9-12-20-39)21-13-10-14-22-50-60(5,44-32-41(91(81,82)83)24-25-45(44)67(50)29-18-30-90(78,79)80)26-17-23-51(70)62-27-15-7-8-16-28-63-58-66-52-55(61)64-37-65-56(52)69(58)57-54(87-89(75,76)77)53(71)49(86-57)36-84-88(72,73)74/h9-14,19-22,24-25,31-35,37,49,53-54,57,71H,6-8,15-18,23,26-30,36H2,1-5H3,(H9-,61,62,63,64,65,66,70,72,73,74,75,76,77,78,79,80,81,82,83)/t49-,53-,54-,57-,60?/m1/s1. The summed E-state index contributed by atoms with van der Waals surface area (Å²) in [4.78, 5) is 66.1. The Morgan fingerprint density at radius 3 is 2.35 bits per heavy atom. The molecule has 10 N–H and O–H groups in total. The number of carbonyl (C=O) groups is 1. The number of hydrogen-bond acceptors (Lipinski definition) is 19. The third kappa shape index (κ3) is 16.3. The molecule has 1 unspecified atom stereocenters. The van der Waals surface area contributed by atoms with Crippen LogP contribution < -0.4 is 26.0 Å². The number of ether oxygens (including phenoxy) is 2. The van der Waals surface area contributed by atoms with Crippen molar-refractivity contribution >= 4 is 98.7 Å². The van der Waals surface area contributed by atoms with E-state index in [4.69, 9.17) is 19.7 Å². The highest BCUT2D eigenvalue weighted by Gasteiger charge is 2.51. The predicted octanol–water partition coefficient (Wildman–Crippen LogP) is 7.40. The summed E-state index contributed by atoms with van der Waals surface area (Å²) in [5, 5.41) is 17.1. The molecule has 4 aliphatic heterocycles. The van der Waals surface area contributed by atoms with Gasteiger partial charge in [-0.2, -0.15) is 13.0 Å². The number of benzene rings is 3. The normalized spacial score (nSPS) is 21.3. The summed E-state index contributed by atoms with van der Waals surface area (Å²) in [5.41, 5.74) is 12.7. The average molecular weight is 1340 g/mol. The Morgan fingerprint density at radius 2 is 1.66 bits per heavy atom. The van der Waals surface area contributed by atoms with Crippen LogP contribution in [0.1, 0.15) is 114 Å². The van der Waals surface area contributed by atoms with Crippen molar-refractivity contribution in [3.05, 3.63) is 132 Å². The molecule has 91 heavy (non-hydrogen) atoms. The molecule has 2 aromatic heterocycles. The number of nitrogens with one attached hydrogen (secondary N) is 2. The van der Waals surface area contributed by atoms with Gasteiger partial charge in [-0.15, -0.1) is 0 Å². The number of phosphoric ester groups is 2. The highest BCUT2D eigenvalue weighted by Crippen LogP contribution is 2.50. The first kappa shape index (κ1) is 68.6. The molecule has 0 saturated carbocycles. The number of fused-ring (bicyclic) bond motifs is 4. The number of rotatable bonds is 28. The largest absolute Gasteiger partial charge is 0.748 e. The van der Waals surface area contributed by atoms with E-state index in [2.05, 4.69) is 80.9 Å². The number of aliphatic hydroxyl groups is 1. The van der Waals surface area contributed by atoms with Crippen LogP contribution in [0.4, 0.5) is 23.1 Å². The highest BCUT2D eigenvalue weighted by molar-refractivity contribution is 7.86. The van der Waals surface area contributed by atoms with Gasteiger partial charge in [0.1, 0.15) is 42.7 Å². The Morgan fingerprint density at radius 1 is 0.923 bits per heavy atom. The zero-order valence-electron chi connectivity index (χ0n) is 50.7. The van der Waals surface area contributed by atoms with Crippen molar-refractivity contribution in [3.8, 4) is 5.75 Å². The number of phosphoric acid groups is 2. The van der Waals surface area contributed by atoms with Gasteiger partial charge >= 0.3 is 15.6 Å². The summed E-state index contributed by atoms with van der Waals surface area (Å²) in [6.45, 7) is 11.1. The van der Waals surface area contributed by atoms with Gasteiger partial charge in [-0.1, -0.05) is 73.6 Å². The fourth-order valence-electron chi connectivity index (χ4n) is 12.2. The molecule has 1 amide bonds. The third-order valence-corrected chi connectivity index (χ3v) is 19.0. The Balaban J connectivity index is 0.870. The van der Waals surface area contributed by atoms with Gasteiger partial charge in [-0.3, -0.25) is 23.0 Å². The minimum Gasteiger partial charge on any atom is -0.748 e. The first-order valence-electron chi connectivity index (χ1n) is 29.5. The van der Waals surface area contributed by atoms with E-state index in [0.717, 1.165) is 46.4 Å². The van der Waals surface area contributed by atoms with Gasteiger partial charge in [-0.05, 0) is 95.7 Å². The SMILES string of the molecule is CCN1c2cc3c(cc2C(C)=CC1(C)C)C(=CC=CC=CC1=[N+](CCCS(=O)(=O)[O-])c2ccc(S(=O)(=O)O)cc2C1(C)CCCC(=O)NCCCCCCNc1nc2c(N)ncnc2n1[C@@H]1O[C@H](COP(=O)(O)O)[C@@H](O)[C@H]1OP(=O)(O)O)C=C(c1ccccc1)O3. The van der Waals surface area contributed by atoms with Crippen LogP contribution in [0.2, 0.25) is 0 Å². The molecule has 4 aliphatic rings. The molecule has 0 aliphatic carbocycles. The van der Waals surface area contributed by atoms with Gasteiger partial charge in [0.2, 0.25) is 17.5 Å². The fraction of sp³-hybridized carbons (Fsp3) is 0.417. The van der Waals surface area contributed by atoms with Crippen molar-refractivity contribution in [2.45, 2.75) is 126 Å². The monoisotopic (exact) mass is 1340 g/mol. The molecule has 0 radical (unpaired) electrons. The number of nitrogens with two attached hydrogens (primary N) is 1. The van der Waals surface area contributed by atoms with Crippen molar-refractivity contribution < 1.29 is 87.6 Å². The number of anilines is 3. The van der Waals surface area contributed by atoms with Crippen LogP contribution in [0.3, 0.4) is 0 Å². The van der Waals surface area contributed by atoms with Gasteiger partial charge in [0, 0.05) is 84.4 Å². The number of likely N-dealkylation sites (N-methyl/N-ethyl adjacent to an activating group) is 1. The molecule has 0 bridgehead atoms. The van der Waals surface area contributed by atoms with Gasteiger partial charge in [0.05, 0.1) is 32.6 Å². The number of unbranched alkanes of at least 4 members (excludes halogenated alkanes) is 3. The summed E-state index contributed by atoms with van der Waals surface area (Å²) in [7, 11) is -19.6. The van der Waals surface area contributed by atoms with E-state index in [-0.39, 0.29) is 65.2 Å². The molecule has 9 rings (SSSR count). The Hall–Kier alpha value is -6.79. The van der Waals surface area contributed by atoms with Crippen LogP contribution in [0, 0.1) is 0 Å². The number of aliphatic hydroxyl groups excluding tert-OH is 1. The molecule has 5 aromatic rings. The van der Waals surface area contributed by atoms with Gasteiger partial charge in [0.25, 0.3) is 10.1 Å². The van der Waals surface area contributed by atoms with E-state index in [0.29, 0.717) is 73.5 Å². The number of aromatic nitrogens is 4. The molecule has 1 saturated heterocycles. The maximum Gasteiger partial charge on any atom is 0.470 e. The lowest BCUT2D eigenvalue weighted by atomic mass is 9.75. The first-order chi connectivity index (χ1) is 42.9. The second-order valence-corrected chi connectivity index (χ2v) is 28.6. The van der Waals surface area contributed by atoms with Crippen molar-refractivity contribution in [1.82, 2.24) is 24.8 Å². The van der Waals surface area contributed by atoms with E-state index in [1.807, 2.05) is 78.3 Å². The highest BCUT2D eigenvalue weighted by atomic mass is 32.2. The Bertz CT molecular complexity index is 4110. The zero-order chi connectivity index (χ0) is 65.8. The Labute approximate surface area is 527 Å². The van der Waals surface area contributed by atoms with Crippen LogP contribution in [-0.4, -0.2) is 149 Å². The topological polar surface area (TPSA) is 401 Å². The van der Waals surface area contributed by atoms with E-state index < -0.39 is 78.2 Å². The smallest absolute Gasteiger partial charge is 0.470 e. The molecule has 6 heterocycles. The van der Waals surface area contributed by atoms with Crippen LogP contribution in [0.15, 0.2) is 114 Å². The molecule has 0 spiro atoms. The van der Waals surface area contributed by atoms with Crippen molar-refractivity contribution in [3.63, 3.8) is 0 Å². The minimum absolute atomic E-state index is 0.0157. The number of allylic oxidation sites excluding steroid dienone is 8. The molecule has 3 aromatic carbocycles. The molecule has 1 fully saturated rings.